The molecular weight excluding hydrogens is 1010 g/mol. The number of para-hydroxylation sites is 6. The number of fused-ring (bicyclic) bond motifs is 3. The number of hydrogen-bond donors (Lipinski definition) is 0. The minimum atomic E-state index is 0.242. The van der Waals surface area contributed by atoms with Crippen molar-refractivity contribution in [3.05, 3.63) is 307 Å². The van der Waals surface area contributed by atoms with Crippen molar-refractivity contribution in [2.24, 2.45) is 0 Å². The van der Waals surface area contributed by atoms with Gasteiger partial charge in [-0.2, -0.15) is 10.5 Å². The fraction of sp³-hybridized carbons (Fsp3) is 0. The second kappa shape index (κ2) is 21.9. The highest BCUT2D eigenvalue weighted by atomic mass is 15.1. The molecule has 2 aromatic heterocycles. The van der Waals surface area contributed by atoms with Crippen LogP contribution in [0.25, 0.3) is 93.3 Å². The summed E-state index contributed by atoms with van der Waals surface area (Å²) < 4.78 is 2.35. The van der Waals surface area contributed by atoms with Gasteiger partial charge in [-0.25, -0.2) is 19.7 Å². The number of hydrogen-bond acceptors (Lipinski definition) is 6. The molecule has 13 rings (SSSR count). The van der Waals surface area contributed by atoms with Gasteiger partial charge in [0.25, 0.3) is 0 Å². The molecule has 13 aromatic rings. The average Bonchev–Trinajstić information content (AvgIpc) is 4.15. The summed E-state index contributed by atoms with van der Waals surface area (Å²) in [5, 5.41) is 23.7. The zero-order valence-electron chi connectivity index (χ0n) is 44.5. The average molecular weight is 1060 g/mol. The molecule has 11 aromatic carbocycles. The van der Waals surface area contributed by atoms with Crippen molar-refractivity contribution in [1.29, 1.82) is 10.5 Å². The highest BCUT2D eigenvalue weighted by Gasteiger charge is 2.23. The summed E-state index contributed by atoms with van der Waals surface area (Å²) in [4.78, 5) is 21.8. The van der Waals surface area contributed by atoms with Crippen LogP contribution in [0.3, 0.4) is 0 Å². The summed E-state index contributed by atoms with van der Waals surface area (Å²) >= 11 is 0. The van der Waals surface area contributed by atoms with Crippen LogP contribution in [-0.2, 0) is 0 Å². The van der Waals surface area contributed by atoms with Gasteiger partial charge in [0.1, 0.15) is 5.82 Å². The lowest BCUT2D eigenvalue weighted by Gasteiger charge is -2.26. The van der Waals surface area contributed by atoms with E-state index in [1.165, 1.54) is 0 Å². The van der Waals surface area contributed by atoms with Gasteiger partial charge in [-0.15, -0.1) is 0 Å². The molecular formula is C74H45N9. The molecule has 2 heterocycles. The second-order valence-corrected chi connectivity index (χ2v) is 19.8. The molecule has 0 unspecified atom stereocenters. The minimum Gasteiger partial charge on any atom is -0.310 e. The second-order valence-electron chi connectivity index (χ2n) is 19.8. The van der Waals surface area contributed by atoms with Crippen molar-refractivity contribution in [3.8, 4) is 74.0 Å². The summed E-state index contributed by atoms with van der Waals surface area (Å²) in [6, 6.07) is 96.4. The topological polar surface area (TPSA) is 93.5 Å². The highest BCUT2D eigenvalue weighted by molar-refractivity contribution is 6.12. The summed E-state index contributed by atoms with van der Waals surface area (Å²) in [7, 11) is 0. The fourth-order valence-electron chi connectivity index (χ4n) is 11.1. The van der Waals surface area contributed by atoms with Gasteiger partial charge in [-0.1, -0.05) is 158 Å². The van der Waals surface area contributed by atoms with Crippen molar-refractivity contribution >= 4 is 67.3 Å². The monoisotopic (exact) mass is 1060 g/mol. The Balaban J connectivity index is 0.875. The lowest BCUT2D eigenvalue weighted by atomic mass is 9.92. The molecule has 0 amide bonds. The van der Waals surface area contributed by atoms with Gasteiger partial charge >= 0.3 is 0 Å². The van der Waals surface area contributed by atoms with Gasteiger partial charge < -0.3 is 14.4 Å². The quantitative estimate of drug-likeness (QED) is 0.113. The summed E-state index contributed by atoms with van der Waals surface area (Å²) in [5.41, 5.74) is 16.4. The number of benzene rings is 11. The predicted molar refractivity (Wildman–Crippen MR) is 335 cm³/mol. The van der Waals surface area contributed by atoms with Crippen LogP contribution in [0.1, 0.15) is 11.1 Å². The highest BCUT2D eigenvalue weighted by Crippen LogP contribution is 2.44. The first-order chi connectivity index (χ1) is 41.0. The molecule has 0 saturated heterocycles. The van der Waals surface area contributed by atoms with Crippen LogP contribution < -0.4 is 9.80 Å². The molecule has 9 nitrogen and oxygen atoms in total. The molecule has 0 radical (unpaired) electrons. The maximum absolute atomic E-state index is 10.8. The third-order valence-electron chi connectivity index (χ3n) is 14.9. The Kier molecular flexibility index (Phi) is 13.3. The summed E-state index contributed by atoms with van der Waals surface area (Å²) in [6.45, 7) is 15.7. The van der Waals surface area contributed by atoms with E-state index in [-0.39, 0.29) is 17.0 Å². The number of aromatic nitrogens is 3. The van der Waals surface area contributed by atoms with Gasteiger partial charge in [0.2, 0.25) is 0 Å². The first-order valence-corrected chi connectivity index (χ1v) is 26.9. The molecule has 0 spiro atoms. The van der Waals surface area contributed by atoms with Crippen LogP contribution in [-0.4, -0.2) is 14.5 Å². The van der Waals surface area contributed by atoms with E-state index in [4.69, 9.17) is 23.1 Å². The van der Waals surface area contributed by atoms with Gasteiger partial charge in [0.15, 0.2) is 11.4 Å². The Morgan fingerprint density at radius 1 is 0.361 bits per heavy atom. The molecule has 0 N–H and O–H groups in total. The van der Waals surface area contributed by atoms with Crippen LogP contribution in [0.4, 0.5) is 45.5 Å². The number of rotatable bonds is 12. The molecule has 386 valence electrons. The molecule has 83 heavy (non-hydrogen) atoms. The Labute approximate surface area is 480 Å². The van der Waals surface area contributed by atoms with E-state index in [2.05, 4.69) is 206 Å². The number of nitriles is 2. The number of nitrogens with zero attached hydrogens (tertiary/aromatic N) is 9. The lowest BCUT2D eigenvalue weighted by Crippen LogP contribution is -2.09. The van der Waals surface area contributed by atoms with Crippen LogP contribution in [0.2, 0.25) is 0 Å². The molecule has 0 bridgehead atoms. The van der Waals surface area contributed by atoms with Gasteiger partial charge in [0, 0.05) is 67.3 Å². The van der Waals surface area contributed by atoms with Crippen molar-refractivity contribution in [3.63, 3.8) is 0 Å². The van der Waals surface area contributed by atoms with E-state index in [0.29, 0.717) is 45.0 Å². The molecule has 0 aliphatic heterocycles. The van der Waals surface area contributed by atoms with Crippen LogP contribution >= 0.6 is 0 Å². The lowest BCUT2D eigenvalue weighted by molar-refractivity contribution is 1.18. The van der Waals surface area contributed by atoms with E-state index in [0.717, 1.165) is 78.3 Å². The zero-order chi connectivity index (χ0) is 56.2. The smallest absolute Gasteiger partial charge is 0.198 e. The Bertz CT molecular complexity index is 4430. The van der Waals surface area contributed by atoms with E-state index in [1.807, 2.05) is 42.5 Å². The molecule has 0 aliphatic rings. The first-order valence-electron chi connectivity index (χ1n) is 26.9. The van der Waals surface area contributed by atoms with Crippen molar-refractivity contribution in [1.82, 2.24) is 14.5 Å². The molecule has 0 saturated carbocycles. The standard InChI is InChI=1S/C74H45N9/c1-77-67-29-17-15-27-63(67)69-47-70(80-74(79-69)64-28-16-18-30-68(64)78-2)73-54(48-75)43-53(44-55(73)49-76)52-33-31-50(32-34-52)51-35-37-60(38-36-51)83-71-41-39-61(81(56-19-7-3-8-20-56)57-21-9-4-10-22-57)45-65(71)66-46-62(40-42-72(66)83)82(58-23-11-5-12-24-58)59-25-13-6-14-26-59/h3-47H. The third-order valence-corrected chi connectivity index (χ3v) is 14.9. The van der Waals surface area contributed by atoms with Crippen LogP contribution in [0.15, 0.2) is 273 Å². The molecule has 0 atom stereocenters. The van der Waals surface area contributed by atoms with Gasteiger partial charge in [-0.05, 0) is 138 Å². The Hall–Kier alpha value is -12.1. The summed E-state index contributed by atoms with van der Waals surface area (Å²) in [6.07, 6.45) is 0. The van der Waals surface area contributed by atoms with Gasteiger partial charge in [-0.3, -0.25) is 0 Å². The molecule has 0 aliphatic carbocycles. The van der Waals surface area contributed by atoms with Crippen molar-refractivity contribution < 1.29 is 0 Å². The normalized spacial score (nSPS) is 10.8. The SMILES string of the molecule is [C-]#[N+]c1ccccc1-c1cc(-c2c(C#N)cc(-c3ccc(-c4ccc(-n5c6ccc(N(c7ccccc7)c7ccccc7)cc6c6cc(N(c7ccccc7)c7ccccc7)ccc65)cc4)cc3)cc2C#N)nc(-c2ccccc2[N+]#[C-])n1. The predicted octanol–water partition coefficient (Wildman–Crippen LogP) is 19.7. The Morgan fingerprint density at radius 3 is 1.19 bits per heavy atom. The van der Waals surface area contributed by atoms with Gasteiger partial charge in [0.05, 0.1) is 58.8 Å². The van der Waals surface area contributed by atoms with E-state index in [9.17, 15) is 10.5 Å². The largest absolute Gasteiger partial charge is 0.310 e. The van der Waals surface area contributed by atoms with E-state index in [1.54, 1.807) is 60.7 Å². The van der Waals surface area contributed by atoms with Crippen LogP contribution in [0, 0.1) is 35.8 Å². The third kappa shape index (κ3) is 9.52. The van der Waals surface area contributed by atoms with E-state index >= 15 is 0 Å². The fourth-order valence-corrected chi connectivity index (χ4v) is 11.1. The Morgan fingerprint density at radius 2 is 0.747 bits per heavy atom. The molecule has 0 fully saturated rings. The van der Waals surface area contributed by atoms with Crippen LogP contribution in [0.5, 0.6) is 0 Å². The van der Waals surface area contributed by atoms with Crippen molar-refractivity contribution in [2.75, 3.05) is 9.80 Å². The number of anilines is 6. The molecule has 9 heteroatoms. The van der Waals surface area contributed by atoms with E-state index < -0.39 is 0 Å². The minimum absolute atomic E-state index is 0.242. The summed E-state index contributed by atoms with van der Waals surface area (Å²) in [5.74, 6) is 0.242. The maximum Gasteiger partial charge on any atom is 0.198 e. The zero-order valence-corrected chi connectivity index (χ0v) is 44.5. The maximum atomic E-state index is 10.8. The first kappa shape index (κ1) is 50.4. The van der Waals surface area contributed by atoms with Crippen molar-refractivity contribution in [2.45, 2.75) is 0 Å².